The van der Waals surface area contributed by atoms with E-state index < -0.39 is 0 Å². The highest BCUT2D eigenvalue weighted by Gasteiger charge is 2.36. The number of nitrogens with zero attached hydrogens (tertiary/aromatic N) is 1. The highest BCUT2D eigenvalue weighted by molar-refractivity contribution is 5.36. The molecule has 1 aliphatic rings. The zero-order chi connectivity index (χ0) is 12.6. The predicted octanol–water partition coefficient (Wildman–Crippen LogP) is 3.46. The second-order valence-electron chi connectivity index (χ2n) is 5.94. The molecule has 2 rings (SSSR count). The lowest BCUT2D eigenvalue weighted by Gasteiger charge is -2.28. The molecule has 0 aromatic carbocycles. The smallest absolute Gasteiger partial charge is 0.0279 e. The molecule has 1 heterocycles. The van der Waals surface area contributed by atoms with Gasteiger partial charge in [-0.05, 0) is 52.2 Å². The molecule has 0 aliphatic heterocycles. The van der Waals surface area contributed by atoms with Crippen LogP contribution in [0, 0.1) is 13.8 Å². The molecule has 1 aliphatic carbocycles. The van der Waals surface area contributed by atoms with Crippen LogP contribution in [-0.4, -0.2) is 11.1 Å². The first-order valence-corrected chi connectivity index (χ1v) is 6.91. The molecule has 0 spiro atoms. The molecule has 0 atom stereocenters. The van der Waals surface area contributed by atoms with Crippen LogP contribution in [0.3, 0.4) is 0 Å². The summed E-state index contributed by atoms with van der Waals surface area (Å²) in [5.41, 5.74) is 10.7. The fraction of sp³-hybridized carbons (Fsp3) is 0.733. The van der Waals surface area contributed by atoms with Crippen LogP contribution in [0.4, 0.5) is 0 Å². The number of aryl methyl sites for hydroxylation is 1. The average molecular weight is 234 g/mol. The van der Waals surface area contributed by atoms with Gasteiger partial charge in [0.25, 0.3) is 0 Å². The number of rotatable bonds is 3. The SMILES string of the molecule is Cc1cc(C2(CN)CCCC2)c(C)n1C(C)C. The minimum absolute atomic E-state index is 0.273. The van der Waals surface area contributed by atoms with Crippen LogP contribution in [0.5, 0.6) is 0 Å². The monoisotopic (exact) mass is 234 g/mol. The van der Waals surface area contributed by atoms with Gasteiger partial charge in [0.05, 0.1) is 0 Å². The van der Waals surface area contributed by atoms with Gasteiger partial charge in [-0.25, -0.2) is 0 Å². The summed E-state index contributed by atoms with van der Waals surface area (Å²) in [5.74, 6) is 0. The van der Waals surface area contributed by atoms with E-state index in [1.165, 1.54) is 42.6 Å². The summed E-state index contributed by atoms with van der Waals surface area (Å²) in [7, 11) is 0. The lowest BCUT2D eigenvalue weighted by molar-refractivity contribution is 0.446. The predicted molar refractivity (Wildman–Crippen MR) is 73.5 cm³/mol. The van der Waals surface area contributed by atoms with Gasteiger partial charge in [-0.3, -0.25) is 0 Å². The molecule has 0 bridgehead atoms. The van der Waals surface area contributed by atoms with E-state index in [9.17, 15) is 0 Å². The summed E-state index contributed by atoms with van der Waals surface area (Å²) >= 11 is 0. The standard InChI is InChI=1S/C15H26N2/c1-11(2)17-12(3)9-14(13(17)4)15(10-16)7-5-6-8-15/h9,11H,5-8,10,16H2,1-4H3. The number of aromatic nitrogens is 1. The first-order valence-electron chi connectivity index (χ1n) is 6.91. The second kappa shape index (κ2) is 4.49. The van der Waals surface area contributed by atoms with Crippen LogP contribution in [0.25, 0.3) is 0 Å². The molecule has 1 fully saturated rings. The number of hydrogen-bond acceptors (Lipinski definition) is 1. The lowest BCUT2D eigenvalue weighted by atomic mass is 9.79. The molecule has 1 aromatic heterocycles. The van der Waals surface area contributed by atoms with Gasteiger partial charge < -0.3 is 10.3 Å². The van der Waals surface area contributed by atoms with Gasteiger partial charge in [-0.15, -0.1) is 0 Å². The normalized spacial score (nSPS) is 19.2. The van der Waals surface area contributed by atoms with Gasteiger partial charge >= 0.3 is 0 Å². The molecule has 0 unspecified atom stereocenters. The van der Waals surface area contributed by atoms with Crippen molar-refractivity contribution < 1.29 is 0 Å². The Morgan fingerprint density at radius 2 is 1.88 bits per heavy atom. The van der Waals surface area contributed by atoms with Crippen LogP contribution in [0.1, 0.15) is 62.5 Å². The van der Waals surface area contributed by atoms with Crippen molar-refractivity contribution in [3.05, 3.63) is 23.0 Å². The van der Waals surface area contributed by atoms with Crippen molar-refractivity contribution in [1.29, 1.82) is 0 Å². The zero-order valence-corrected chi connectivity index (χ0v) is 11.7. The van der Waals surface area contributed by atoms with Crippen molar-refractivity contribution >= 4 is 0 Å². The van der Waals surface area contributed by atoms with Gasteiger partial charge in [-0.1, -0.05) is 12.8 Å². The minimum atomic E-state index is 0.273. The molecule has 1 aromatic rings. The first-order chi connectivity index (χ1) is 8.02. The Labute approximate surface area is 105 Å². The van der Waals surface area contributed by atoms with Gasteiger partial charge in [-0.2, -0.15) is 0 Å². The molecule has 0 amide bonds. The fourth-order valence-corrected chi connectivity index (χ4v) is 3.74. The molecular weight excluding hydrogens is 208 g/mol. The van der Waals surface area contributed by atoms with Gasteiger partial charge in [0.1, 0.15) is 0 Å². The average Bonchev–Trinajstić information content (AvgIpc) is 2.84. The van der Waals surface area contributed by atoms with Gasteiger partial charge in [0, 0.05) is 29.4 Å². The highest BCUT2D eigenvalue weighted by Crippen LogP contribution is 2.43. The third-order valence-electron chi connectivity index (χ3n) is 4.52. The van der Waals surface area contributed by atoms with Gasteiger partial charge in [0.2, 0.25) is 0 Å². The maximum atomic E-state index is 6.10. The van der Waals surface area contributed by atoms with Crippen LogP contribution in [-0.2, 0) is 5.41 Å². The van der Waals surface area contributed by atoms with E-state index in [4.69, 9.17) is 5.73 Å². The molecule has 0 radical (unpaired) electrons. The summed E-state index contributed by atoms with van der Waals surface area (Å²) in [6.45, 7) is 9.80. The lowest BCUT2D eigenvalue weighted by Crippen LogP contribution is -2.32. The molecular formula is C15H26N2. The maximum Gasteiger partial charge on any atom is 0.0279 e. The molecule has 1 saturated carbocycles. The Morgan fingerprint density at radius 3 is 2.29 bits per heavy atom. The van der Waals surface area contributed by atoms with E-state index in [1.807, 2.05) is 0 Å². The molecule has 2 heteroatoms. The van der Waals surface area contributed by atoms with Crippen molar-refractivity contribution in [3.8, 4) is 0 Å². The Balaban J connectivity index is 2.49. The minimum Gasteiger partial charge on any atom is -0.346 e. The van der Waals surface area contributed by atoms with E-state index in [0.717, 1.165) is 6.54 Å². The molecule has 2 nitrogen and oxygen atoms in total. The van der Waals surface area contributed by atoms with Crippen LogP contribution < -0.4 is 5.73 Å². The molecule has 17 heavy (non-hydrogen) atoms. The third kappa shape index (κ3) is 1.93. The van der Waals surface area contributed by atoms with E-state index in [0.29, 0.717) is 6.04 Å². The Morgan fingerprint density at radius 1 is 1.29 bits per heavy atom. The van der Waals surface area contributed by atoms with Crippen molar-refractivity contribution in [1.82, 2.24) is 4.57 Å². The number of nitrogens with two attached hydrogens (primary N) is 1. The Kier molecular flexibility index (Phi) is 3.35. The summed E-state index contributed by atoms with van der Waals surface area (Å²) in [5, 5.41) is 0. The van der Waals surface area contributed by atoms with E-state index in [2.05, 4.69) is 38.3 Å². The van der Waals surface area contributed by atoms with E-state index in [-0.39, 0.29) is 5.41 Å². The van der Waals surface area contributed by atoms with Crippen molar-refractivity contribution in [2.45, 2.75) is 64.8 Å². The Hall–Kier alpha value is -0.760. The van der Waals surface area contributed by atoms with Crippen LogP contribution in [0.15, 0.2) is 6.07 Å². The second-order valence-corrected chi connectivity index (χ2v) is 5.94. The molecule has 96 valence electrons. The third-order valence-corrected chi connectivity index (χ3v) is 4.52. The summed E-state index contributed by atoms with van der Waals surface area (Å²) in [6, 6.07) is 2.92. The molecule has 2 N–H and O–H groups in total. The summed E-state index contributed by atoms with van der Waals surface area (Å²) < 4.78 is 2.45. The largest absolute Gasteiger partial charge is 0.346 e. The fourth-order valence-electron chi connectivity index (χ4n) is 3.74. The van der Waals surface area contributed by atoms with Crippen molar-refractivity contribution in [2.24, 2.45) is 5.73 Å². The Bertz CT molecular complexity index is 395. The quantitative estimate of drug-likeness (QED) is 0.853. The topological polar surface area (TPSA) is 30.9 Å². The van der Waals surface area contributed by atoms with Crippen molar-refractivity contribution in [3.63, 3.8) is 0 Å². The van der Waals surface area contributed by atoms with Crippen molar-refractivity contribution in [2.75, 3.05) is 6.54 Å². The summed E-state index contributed by atoms with van der Waals surface area (Å²) in [4.78, 5) is 0. The highest BCUT2D eigenvalue weighted by atomic mass is 15.0. The van der Waals surface area contributed by atoms with Crippen LogP contribution >= 0.6 is 0 Å². The van der Waals surface area contributed by atoms with Gasteiger partial charge in [0.15, 0.2) is 0 Å². The van der Waals surface area contributed by atoms with E-state index in [1.54, 1.807) is 0 Å². The first kappa shape index (κ1) is 12.7. The maximum absolute atomic E-state index is 6.10. The number of hydrogen-bond donors (Lipinski definition) is 1. The van der Waals surface area contributed by atoms with Crippen LogP contribution in [0.2, 0.25) is 0 Å². The molecule has 0 saturated heterocycles. The van der Waals surface area contributed by atoms with E-state index >= 15 is 0 Å². The zero-order valence-electron chi connectivity index (χ0n) is 11.7. The summed E-state index contributed by atoms with van der Waals surface area (Å²) in [6.07, 6.45) is 5.21.